The van der Waals surface area contributed by atoms with Crippen molar-refractivity contribution in [2.24, 2.45) is 0 Å². The van der Waals surface area contributed by atoms with Crippen molar-refractivity contribution in [1.29, 1.82) is 5.26 Å². The number of nitrogens with zero attached hydrogens (tertiary/aromatic N) is 1. The predicted octanol–water partition coefficient (Wildman–Crippen LogP) is 3.28. The molecule has 1 aromatic rings. The van der Waals surface area contributed by atoms with E-state index in [2.05, 4.69) is 0 Å². The van der Waals surface area contributed by atoms with Crippen LogP contribution in [0.3, 0.4) is 0 Å². The summed E-state index contributed by atoms with van der Waals surface area (Å²) in [6, 6.07) is 11.0. The van der Waals surface area contributed by atoms with Crippen molar-refractivity contribution in [2.45, 2.75) is 6.92 Å². The van der Waals surface area contributed by atoms with Crippen LogP contribution in [-0.4, -0.2) is 12.6 Å². The molecule has 0 amide bonds. The summed E-state index contributed by atoms with van der Waals surface area (Å²) in [6.07, 6.45) is 2.86. The molecule has 0 aliphatic heterocycles. The van der Waals surface area contributed by atoms with Gasteiger partial charge in [-0.25, -0.2) is 4.79 Å². The van der Waals surface area contributed by atoms with Crippen molar-refractivity contribution in [3.63, 3.8) is 0 Å². The third-order valence-corrected chi connectivity index (χ3v) is 2.41. The maximum Gasteiger partial charge on any atom is 0.348 e. The van der Waals surface area contributed by atoms with E-state index in [-0.39, 0.29) is 12.2 Å². The lowest BCUT2D eigenvalue weighted by Crippen LogP contribution is -2.05. The fourth-order valence-corrected chi connectivity index (χ4v) is 1.40. The highest BCUT2D eigenvalue weighted by Crippen LogP contribution is 2.18. The summed E-state index contributed by atoms with van der Waals surface area (Å²) in [6.45, 7) is 1.91. The molecule has 1 aromatic carbocycles. The Morgan fingerprint density at radius 3 is 2.61 bits per heavy atom. The number of halogens is 1. The molecule has 0 saturated heterocycles. The summed E-state index contributed by atoms with van der Waals surface area (Å²) in [5.74, 6) is -0.645. The van der Waals surface area contributed by atoms with Crippen LogP contribution in [0.4, 0.5) is 0 Å². The predicted molar refractivity (Wildman–Crippen MR) is 70.6 cm³/mol. The molecule has 18 heavy (non-hydrogen) atoms. The molecule has 0 atom stereocenters. The van der Waals surface area contributed by atoms with Gasteiger partial charge in [0.2, 0.25) is 0 Å². The lowest BCUT2D eigenvalue weighted by atomic mass is 10.2. The Hall–Kier alpha value is -2.05. The van der Waals surface area contributed by atoms with Crippen LogP contribution in [0, 0.1) is 11.3 Å². The molecule has 0 radical (unpaired) electrons. The lowest BCUT2D eigenvalue weighted by molar-refractivity contribution is -0.138. The Balaban J connectivity index is 2.89. The van der Waals surface area contributed by atoms with E-state index in [1.807, 2.05) is 30.3 Å². The molecule has 0 spiro atoms. The molecule has 4 heteroatoms. The summed E-state index contributed by atoms with van der Waals surface area (Å²) >= 11 is 6.04. The smallest absolute Gasteiger partial charge is 0.348 e. The fourth-order valence-electron chi connectivity index (χ4n) is 1.21. The highest BCUT2D eigenvalue weighted by atomic mass is 35.5. The maximum atomic E-state index is 11.3. The zero-order valence-corrected chi connectivity index (χ0v) is 10.6. The highest BCUT2D eigenvalue weighted by Gasteiger charge is 2.08. The molecule has 0 bridgehead atoms. The monoisotopic (exact) mass is 261 g/mol. The van der Waals surface area contributed by atoms with Gasteiger partial charge < -0.3 is 4.74 Å². The number of hydrogen-bond acceptors (Lipinski definition) is 3. The van der Waals surface area contributed by atoms with Gasteiger partial charge in [-0.1, -0.05) is 41.9 Å². The second-order valence-corrected chi connectivity index (χ2v) is 3.70. The zero-order valence-electron chi connectivity index (χ0n) is 9.89. The van der Waals surface area contributed by atoms with Crippen LogP contribution in [0.2, 0.25) is 0 Å². The van der Waals surface area contributed by atoms with Crippen molar-refractivity contribution in [1.82, 2.24) is 0 Å². The summed E-state index contributed by atoms with van der Waals surface area (Å²) < 4.78 is 4.73. The first kappa shape index (κ1) is 14.0. The van der Waals surface area contributed by atoms with Crippen LogP contribution in [0.15, 0.2) is 48.1 Å². The molecule has 0 aliphatic carbocycles. The molecule has 1 rings (SSSR count). The number of esters is 1. The SMILES string of the molecule is CCOC(=O)/C(C#N)=C\C=C(\Cl)c1ccccc1. The van der Waals surface area contributed by atoms with Gasteiger partial charge in [0.25, 0.3) is 0 Å². The van der Waals surface area contributed by atoms with E-state index in [4.69, 9.17) is 21.6 Å². The van der Waals surface area contributed by atoms with Gasteiger partial charge >= 0.3 is 5.97 Å². The first-order chi connectivity index (χ1) is 8.69. The van der Waals surface area contributed by atoms with Gasteiger partial charge in [0, 0.05) is 5.03 Å². The Morgan fingerprint density at radius 1 is 1.39 bits per heavy atom. The number of nitriles is 1. The maximum absolute atomic E-state index is 11.3. The fraction of sp³-hybridized carbons (Fsp3) is 0.143. The average Bonchev–Trinajstić information content (AvgIpc) is 2.40. The standard InChI is InChI=1S/C14H12ClNO2/c1-2-18-14(17)12(10-16)8-9-13(15)11-6-4-3-5-7-11/h3-9H,2H2,1H3/b12-8-,13-9+. The zero-order chi connectivity index (χ0) is 13.4. The molecule has 0 heterocycles. The quantitative estimate of drug-likeness (QED) is 0.362. The minimum absolute atomic E-state index is 0.0778. The molecule has 92 valence electrons. The Kier molecular flexibility index (Phi) is 5.69. The van der Waals surface area contributed by atoms with Crippen molar-refractivity contribution >= 4 is 22.6 Å². The third-order valence-electron chi connectivity index (χ3n) is 2.06. The molecule has 0 aliphatic rings. The van der Waals surface area contributed by atoms with Gasteiger partial charge in [-0.15, -0.1) is 0 Å². The third kappa shape index (κ3) is 4.08. The molecule has 0 fully saturated rings. The van der Waals surface area contributed by atoms with Crippen molar-refractivity contribution in [2.75, 3.05) is 6.61 Å². The largest absolute Gasteiger partial charge is 0.462 e. The lowest BCUT2D eigenvalue weighted by Gasteiger charge is -1.99. The van der Waals surface area contributed by atoms with E-state index in [0.717, 1.165) is 5.56 Å². The Bertz CT molecular complexity index is 512. The normalized spacial score (nSPS) is 11.8. The minimum atomic E-state index is -0.645. The number of carbonyl (C=O) groups excluding carboxylic acids is 1. The number of rotatable bonds is 4. The van der Waals surface area contributed by atoms with Crippen LogP contribution >= 0.6 is 11.6 Å². The van der Waals surface area contributed by atoms with Gasteiger partial charge in [-0.05, 0) is 24.6 Å². The van der Waals surface area contributed by atoms with E-state index in [9.17, 15) is 4.79 Å². The van der Waals surface area contributed by atoms with Gasteiger partial charge in [0.15, 0.2) is 0 Å². The number of ether oxygens (including phenoxy) is 1. The first-order valence-corrected chi connectivity index (χ1v) is 5.77. The molecule has 0 N–H and O–H groups in total. The molecular formula is C14H12ClNO2. The molecule has 0 aromatic heterocycles. The van der Waals surface area contributed by atoms with Gasteiger partial charge in [-0.2, -0.15) is 5.26 Å². The van der Waals surface area contributed by atoms with Gasteiger partial charge in [-0.3, -0.25) is 0 Å². The van der Waals surface area contributed by atoms with Crippen LogP contribution in [0.5, 0.6) is 0 Å². The van der Waals surface area contributed by atoms with E-state index in [1.54, 1.807) is 13.0 Å². The van der Waals surface area contributed by atoms with Crippen molar-refractivity contribution < 1.29 is 9.53 Å². The number of hydrogen-bond donors (Lipinski definition) is 0. The Morgan fingerprint density at radius 2 is 2.06 bits per heavy atom. The topological polar surface area (TPSA) is 50.1 Å². The van der Waals surface area contributed by atoms with E-state index in [0.29, 0.717) is 5.03 Å². The van der Waals surface area contributed by atoms with Crippen molar-refractivity contribution in [3.8, 4) is 6.07 Å². The average molecular weight is 262 g/mol. The summed E-state index contributed by atoms with van der Waals surface area (Å²) in [7, 11) is 0. The highest BCUT2D eigenvalue weighted by molar-refractivity contribution is 6.48. The van der Waals surface area contributed by atoms with Gasteiger partial charge in [0.05, 0.1) is 6.61 Å². The van der Waals surface area contributed by atoms with Crippen molar-refractivity contribution in [3.05, 3.63) is 53.6 Å². The van der Waals surface area contributed by atoms with E-state index in [1.165, 1.54) is 12.2 Å². The summed E-state index contributed by atoms with van der Waals surface area (Å²) in [5, 5.41) is 9.27. The number of allylic oxidation sites excluding steroid dienone is 2. The first-order valence-electron chi connectivity index (χ1n) is 5.39. The minimum Gasteiger partial charge on any atom is -0.462 e. The number of carbonyl (C=O) groups is 1. The van der Waals surface area contributed by atoms with Crippen LogP contribution < -0.4 is 0 Å². The number of benzene rings is 1. The summed E-state index contributed by atoms with van der Waals surface area (Å²) in [4.78, 5) is 11.3. The molecule has 0 saturated carbocycles. The summed E-state index contributed by atoms with van der Waals surface area (Å²) in [5.41, 5.74) is 0.738. The molecular weight excluding hydrogens is 250 g/mol. The van der Waals surface area contributed by atoms with Crippen LogP contribution in [0.1, 0.15) is 12.5 Å². The molecule has 0 unspecified atom stereocenters. The molecule has 3 nitrogen and oxygen atoms in total. The second-order valence-electron chi connectivity index (χ2n) is 3.29. The Labute approximate surface area is 111 Å². The van der Waals surface area contributed by atoms with Gasteiger partial charge in [0.1, 0.15) is 11.6 Å². The second kappa shape index (κ2) is 7.31. The van der Waals surface area contributed by atoms with E-state index >= 15 is 0 Å². The van der Waals surface area contributed by atoms with Crippen LogP contribution in [0.25, 0.3) is 5.03 Å². The van der Waals surface area contributed by atoms with E-state index < -0.39 is 5.97 Å². The van der Waals surface area contributed by atoms with Crippen LogP contribution in [-0.2, 0) is 9.53 Å².